The van der Waals surface area contributed by atoms with E-state index in [4.69, 9.17) is 0 Å². The summed E-state index contributed by atoms with van der Waals surface area (Å²) >= 11 is 3.34. The van der Waals surface area contributed by atoms with Crippen LogP contribution in [0.5, 0.6) is 0 Å². The molecule has 0 spiro atoms. The van der Waals surface area contributed by atoms with E-state index in [0.717, 1.165) is 15.6 Å². The van der Waals surface area contributed by atoms with Crippen LogP contribution in [0.2, 0.25) is 0 Å². The van der Waals surface area contributed by atoms with Gasteiger partial charge in [0.2, 0.25) is 10.0 Å². The Morgan fingerprint density at radius 1 is 1.05 bits per heavy atom. The first-order valence-corrected chi connectivity index (χ1v) is 9.24. The van der Waals surface area contributed by atoms with Crippen molar-refractivity contribution in [2.75, 3.05) is 0 Å². The first-order chi connectivity index (χ1) is 10.00. The zero-order valence-electron chi connectivity index (χ0n) is 11.8. The summed E-state index contributed by atoms with van der Waals surface area (Å²) in [5.41, 5.74) is 1.76. The lowest BCUT2D eigenvalue weighted by atomic mass is 10.1. The quantitative estimate of drug-likeness (QED) is 0.837. The second-order valence-electron chi connectivity index (χ2n) is 4.87. The minimum Gasteiger partial charge on any atom is -0.212 e. The lowest BCUT2D eigenvalue weighted by Crippen LogP contribution is -2.29. The molecule has 1 atom stereocenters. The number of nitrogens with one attached hydrogen (secondary N) is 1. The van der Waals surface area contributed by atoms with Crippen LogP contribution in [0.25, 0.3) is 0 Å². The standard InChI is InChI=1S/C16H18BrNO2S/c1-2-16(14-6-4-3-5-7-14)18-21(19,20)12-13-8-10-15(17)11-9-13/h3-11,16,18H,2,12H2,1H3/t16-/m0/s1. The molecule has 1 N–H and O–H groups in total. The van der Waals surface area contributed by atoms with E-state index in [2.05, 4.69) is 20.7 Å². The SMILES string of the molecule is CC[C@H](NS(=O)(=O)Cc1ccc(Br)cc1)c1ccccc1. The number of benzene rings is 2. The molecule has 0 fully saturated rings. The molecule has 0 heterocycles. The van der Waals surface area contributed by atoms with Crippen LogP contribution < -0.4 is 4.72 Å². The molecule has 21 heavy (non-hydrogen) atoms. The van der Waals surface area contributed by atoms with Gasteiger partial charge in [-0.1, -0.05) is 65.3 Å². The van der Waals surface area contributed by atoms with Gasteiger partial charge in [0.15, 0.2) is 0 Å². The second kappa shape index (κ2) is 7.20. The van der Waals surface area contributed by atoms with Gasteiger partial charge in [0.1, 0.15) is 0 Å². The summed E-state index contributed by atoms with van der Waals surface area (Å²) < 4.78 is 28.3. The molecule has 0 aliphatic heterocycles. The molecule has 112 valence electrons. The molecule has 0 aliphatic carbocycles. The minimum absolute atomic E-state index is 0.0103. The molecule has 2 aromatic rings. The van der Waals surface area contributed by atoms with Crippen molar-refractivity contribution in [1.82, 2.24) is 4.72 Å². The summed E-state index contributed by atoms with van der Waals surface area (Å²) in [7, 11) is -3.37. The molecule has 2 aromatic carbocycles. The number of hydrogen-bond acceptors (Lipinski definition) is 2. The Labute approximate surface area is 134 Å². The number of hydrogen-bond donors (Lipinski definition) is 1. The molecule has 0 radical (unpaired) electrons. The molecule has 5 heteroatoms. The van der Waals surface area contributed by atoms with Crippen LogP contribution in [0, 0.1) is 0 Å². The third-order valence-electron chi connectivity index (χ3n) is 3.20. The van der Waals surface area contributed by atoms with Crippen molar-refractivity contribution in [2.24, 2.45) is 0 Å². The normalized spacial score (nSPS) is 13.0. The fourth-order valence-electron chi connectivity index (χ4n) is 2.13. The van der Waals surface area contributed by atoms with Gasteiger partial charge >= 0.3 is 0 Å². The van der Waals surface area contributed by atoms with Gasteiger partial charge in [0.05, 0.1) is 5.75 Å². The van der Waals surface area contributed by atoms with Crippen LogP contribution in [0.15, 0.2) is 59.1 Å². The minimum atomic E-state index is -3.37. The molecule has 0 saturated heterocycles. The van der Waals surface area contributed by atoms with Crippen LogP contribution in [0.3, 0.4) is 0 Å². The second-order valence-corrected chi connectivity index (χ2v) is 7.54. The average molecular weight is 368 g/mol. The largest absolute Gasteiger partial charge is 0.216 e. The molecule has 0 unspecified atom stereocenters. The van der Waals surface area contributed by atoms with Gasteiger partial charge in [-0.05, 0) is 29.7 Å². The van der Waals surface area contributed by atoms with Gasteiger partial charge in [-0.15, -0.1) is 0 Å². The van der Waals surface area contributed by atoms with Gasteiger partial charge < -0.3 is 0 Å². The van der Waals surface area contributed by atoms with Gasteiger partial charge in [-0.25, -0.2) is 13.1 Å². The average Bonchev–Trinajstić information content (AvgIpc) is 2.48. The molecule has 3 nitrogen and oxygen atoms in total. The highest BCUT2D eigenvalue weighted by molar-refractivity contribution is 9.10. The molecular formula is C16H18BrNO2S. The Morgan fingerprint density at radius 2 is 1.67 bits per heavy atom. The number of halogens is 1. The predicted molar refractivity (Wildman–Crippen MR) is 89.4 cm³/mol. The smallest absolute Gasteiger partial charge is 0.212 e. The maximum absolute atomic E-state index is 12.3. The van der Waals surface area contributed by atoms with Crippen molar-refractivity contribution >= 4 is 26.0 Å². The van der Waals surface area contributed by atoms with E-state index < -0.39 is 10.0 Å². The van der Waals surface area contributed by atoms with Crippen LogP contribution in [0.4, 0.5) is 0 Å². The third kappa shape index (κ3) is 4.95. The summed E-state index contributed by atoms with van der Waals surface area (Å²) in [4.78, 5) is 0. The summed E-state index contributed by atoms with van der Waals surface area (Å²) in [5, 5.41) is 0. The highest BCUT2D eigenvalue weighted by atomic mass is 79.9. The van der Waals surface area contributed by atoms with Crippen LogP contribution in [-0.2, 0) is 15.8 Å². The van der Waals surface area contributed by atoms with E-state index in [-0.39, 0.29) is 11.8 Å². The fraction of sp³-hybridized carbons (Fsp3) is 0.250. The van der Waals surface area contributed by atoms with E-state index in [1.165, 1.54) is 0 Å². The van der Waals surface area contributed by atoms with Crippen LogP contribution in [0.1, 0.15) is 30.5 Å². The zero-order chi connectivity index (χ0) is 15.3. The van der Waals surface area contributed by atoms with E-state index in [9.17, 15) is 8.42 Å². The Kier molecular flexibility index (Phi) is 5.56. The van der Waals surface area contributed by atoms with Crippen molar-refractivity contribution < 1.29 is 8.42 Å². The molecule has 2 rings (SSSR count). The monoisotopic (exact) mass is 367 g/mol. The predicted octanol–water partition coefficient (Wildman–Crippen LogP) is 4.02. The molecular weight excluding hydrogens is 350 g/mol. The van der Waals surface area contributed by atoms with E-state index in [1.807, 2.05) is 61.5 Å². The van der Waals surface area contributed by atoms with Gasteiger partial charge in [0.25, 0.3) is 0 Å². The van der Waals surface area contributed by atoms with Crippen molar-refractivity contribution in [3.05, 3.63) is 70.2 Å². The first-order valence-electron chi connectivity index (χ1n) is 6.79. The highest BCUT2D eigenvalue weighted by Gasteiger charge is 2.18. The Morgan fingerprint density at radius 3 is 2.24 bits per heavy atom. The summed E-state index contributed by atoms with van der Waals surface area (Å²) in [6, 6.07) is 16.8. The fourth-order valence-corrected chi connectivity index (χ4v) is 3.85. The lowest BCUT2D eigenvalue weighted by molar-refractivity contribution is 0.549. The molecule has 0 amide bonds. The maximum atomic E-state index is 12.3. The summed E-state index contributed by atoms with van der Waals surface area (Å²) in [5.74, 6) is -0.0103. The molecule has 0 aliphatic rings. The third-order valence-corrected chi connectivity index (χ3v) is 5.09. The lowest BCUT2D eigenvalue weighted by Gasteiger charge is -2.17. The zero-order valence-corrected chi connectivity index (χ0v) is 14.2. The van der Waals surface area contributed by atoms with E-state index >= 15 is 0 Å². The highest BCUT2D eigenvalue weighted by Crippen LogP contribution is 2.19. The molecule has 0 saturated carbocycles. The Hall–Kier alpha value is -1.17. The van der Waals surface area contributed by atoms with Crippen molar-refractivity contribution in [3.63, 3.8) is 0 Å². The Bertz CT molecular complexity index is 669. The van der Waals surface area contributed by atoms with Gasteiger partial charge in [0, 0.05) is 10.5 Å². The topological polar surface area (TPSA) is 46.2 Å². The molecule has 0 aromatic heterocycles. The van der Waals surface area contributed by atoms with E-state index in [0.29, 0.717) is 6.42 Å². The number of sulfonamides is 1. The summed E-state index contributed by atoms with van der Waals surface area (Å²) in [6.45, 7) is 1.97. The van der Waals surface area contributed by atoms with E-state index in [1.54, 1.807) is 0 Å². The summed E-state index contributed by atoms with van der Waals surface area (Å²) in [6.07, 6.45) is 0.712. The van der Waals surface area contributed by atoms with Crippen LogP contribution >= 0.6 is 15.9 Å². The van der Waals surface area contributed by atoms with Crippen LogP contribution in [-0.4, -0.2) is 8.42 Å². The van der Waals surface area contributed by atoms with Gasteiger partial charge in [-0.3, -0.25) is 0 Å². The maximum Gasteiger partial charge on any atom is 0.216 e. The molecule has 0 bridgehead atoms. The van der Waals surface area contributed by atoms with Crippen molar-refractivity contribution in [3.8, 4) is 0 Å². The van der Waals surface area contributed by atoms with Gasteiger partial charge in [-0.2, -0.15) is 0 Å². The Balaban J connectivity index is 2.10. The first kappa shape index (κ1) is 16.2. The number of rotatable bonds is 6. The van der Waals surface area contributed by atoms with Crippen molar-refractivity contribution in [1.29, 1.82) is 0 Å². The van der Waals surface area contributed by atoms with Crippen molar-refractivity contribution in [2.45, 2.75) is 25.1 Å².